The number of halogens is 1. The van der Waals surface area contributed by atoms with Crippen LogP contribution in [0.25, 0.3) is 0 Å². The fourth-order valence-corrected chi connectivity index (χ4v) is 3.55. The molecule has 0 aliphatic heterocycles. The smallest absolute Gasteiger partial charge is 0.0453 e. The van der Waals surface area contributed by atoms with E-state index in [1.54, 1.807) is 0 Å². The van der Waals surface area contributed by atoms with Crippen molar-refractivity contribution in [1.82, 2.24) is 5.32 Å². The average molecular weight is 300 g/mol. The monoisotopic (exact) mass is 299 g/mol. The number of nitrogens with one attached hydrogen (secondary N) is 1. The van der Waals surface area contributed by atoms with Crippen molar-refractivity contribution in [3.63, 3.8) is 0 Å². The molecule has 0 amide bonds. The summed E-state index contributed by atoms with van der Waals surface area (Å²) in [6.07, 6.45) is 3.78. The van der Waals surface area contributed by atoms with Gasteiger partial charge in [-0.2, -0.15) is 0 Å². The van der Waals surface area contributed by atoms with E-state index in [9.17, 15) is 0 Å². The van der Waals surface area contributed by atoms with Crippen LogP contribution in [0.4, 0.5) is 0 Å². The molecule has 21 heavy (non-hydrogen) atoms. The second-order valence-corrected chi connectivity index (χ2v) is 6.42. The molecule has 2 heteroatoms. The summed E-state index contributed by atoms with van der Waals surface area (Å²) in [7, 11) is 0. The van der Waals surface area contributed by atoms with E-state index in [1.165, 1.54) is 36.0 Å². The molecule has 1 aliphatic carbocycles. The van der Waals surface area contributed by atoms with E-state index in [0.717, 1.165) is 10.6 Å². The van der Waals surface area contributed by atoms with Gasteiger partial charge in [0.15, 0.2) is 0 Å². The molecule has 1 aliphatic rings. The molecule has 2 unspecified atom stereocenters. The molecule has 2 aromatic carbocycles. The Morgan fingerprint density at radius 2 is 1.71 bits per heavy atom. The Kier molecular flexibility index (Phi) is 4.32. The van der Waals surface area contributed by atoms with Crippen molar-refractivity contribution in [1.29, 1.82) is 0 Å². The van der Waals surface area contributed by atoms with E-state index in [-0.39, 0.29) is 6.04 Å². The van der Waals surface area contributed by atoms with Crippen LogP contribution in [-0.4, -0.2) is 0 Å². The minimum Gasteiger partial charge on any atom is -0.304 e. The van der Waals surface area contributed by atoms with Gasteiger partial charge in [-0.05, 0) is 61.4 Å². The zero-order chi connectivity index (χ0) is 14.8. The van der Waals surface area contributed by atoms with E-state index in [0.29, 0.717) is 6.04 Å². The van der Waals surface area contributed by atoms with Gasteiger partial charge in [0.2, 0.25) is 0 Å². The molecule has 2 aromatic rings. The van der Waals surface area contributed by atoms with Crippen molar-refractivity contribution < 1.29 is 0 Å². The van der Waals surface area contributed by atoms with E-state index < -0.39 is 0 Å². The zero-order valence-corrected chi connectivity index (χ0v) is 13.5. The molecule has 0 spiro atoms. The second-order valence-electron chi connectivity index (χ2n) is 6.01. The van der Waals surface area contributed by atoms with Crippen LogP contribution >= 0.6 is 11.6 Å². The number of aryl methyl sites for hydroxylation is 2. The van der Waals surface area contributed by atoms with Gasteiger partial charge in [-0.3, -0.25) is 0 Å². The number of hydrogen-bond donors (Lipinski definition) is 1. The van der Waals surface area contributed by atoms with Crippen LogP contribution in [0.3, 0.4) is 0 Å². The van der Waals surface area contributed by atoms with Crippen molar-refractivity contribution in [2.75, 3.05) is 0 Å². The first-order chi connectivity index (χ1) is 10.1. The highest BCUT2D eigenvalue weighted by molar-refractivity contribution is 6.31. The molecule has 2 atom stereocenters. The number of rotatable bonds is 4. The van der Waals surface area contributed by atoms with Gasteiger partial charge in [0, 0.05) is 17.1 Å². The van der Waals surface area contributed by atoms with Crippen LogP contribution in [0, 0.1) is 0 Å². The number of fused-ring (bicyclic) bond motifs is 1. The topological polar surface area (TPSA) is 12.0 Å². The highest BCUT2D eigenvalue weighted by Crippen LogP contribution is 2.28. The van der Waals surface area contributed by atoms with Gasteiger partial charge in [-0.15, -0.1) is 0 Å². The van der Waals surface area contributed by atoms with Gasteiger partial charge in [0.25, 0.3) is 0 Å². The van der Waals surface area contributed by atoms with Gasteiger partial charge >= 0.3 is 0 Å². The van der Waals surface area contributed by atoms with Crippen molar-refractivity contribution in [2.24, 2.45) is 0 Å². The van der Waals surface area contributed by atoms with E-state index in [4.69, 9.17) is 11.6 Å². The molecule has 3 rings (SSSR count). The highest BCUT2D eigenvalue weighted by Gasteiger charge is 2.16. The molecule has 1 N–H and O–H groups in total. The first-order valence-electron chi connectivity index (χ1n) is 7.77. The van der Waals surface area contributed by atoms with Gasteiger partial charge in [0.1, 0.15) is 0 Å². The summed E-state index contributed by atoms with van der Waals surface area (Å²) in [5, 5.41) is 4.49. The summed E-state index contributed by atoms with van der Waals surface area (Å²) in [5.41, 5.74) is 5.60. The molecular weight excluding hydrogens is 278 g/mol. The van der Waals surface area contributed by atoms with Crippen molar-refractivity contribution in [2.45, 2.75) is 45.2 Å². The lowest BCUT2D eigenvalue weighted by molar-refractivity contribution is 0.494. The minimum absolute atomic E-state index is 0.238. The summed E-state index contributed by atoms with van der Waals surface area (Å²) in [5.74, 6) is 0. The second kappa shape index (κ2) is 6.21. The van der Waals surface area contributed by atoms with Gasteiger partial charge < -0.3 is 5.32 Å². The molecule has 0 fully saturated rings. The summed E-state index contributed by atoms with van der Waals surface area (Å²) in [6.45, 7) is 4.40. The lowest BCUT2D eigenvalue weighted by atomic mass is 10.0. The van der Waals surface area contributed by atoms with Crippen LogP contribution in [0.1, 0.15) is 54.6 Å². The fraction of sp³-hybridized carbons (Fsp3) is 0.368. The summed E-state index contributed by atoms with van der Waals surface area (Å²) in [4.78, 5) is 0. The first-order valence-corrected chi connectivity index (χ1v) is 8.15. The quantitative estimate of drug-likeness (QED) is 0.814. The maximum atomic E-state index is 6.29. The number of benzene rings is 2. The fourth-order valence-electron chi connectivity index (χ4n) is 3.25. The summed E-state index contributed by atoms with van der Waals surface area (Å²) >= 11 is 6.29. The average Bonchev–Trinajstić information content (AvgIpc) is 2.94. The predicted octanol–water partition coefficient (Wildman–Crippen LogP) is 5.24. The minimum atomic E-state index is 0.238. The van der Waals surface area contributed by atoms with Crippen molar-refractivity contribution in [3.8, 4) is 0 Å². The van der Waals surface area contributed by atoms with E-state index in [1.807, 2.05) is 18.2 Å². The first kappa shape index (κ1) is 14.6. The Labute approximate surface area is 132 Å². The van der Waals surface area contributed by atoms with Crippen molar-refractivity contribution in [3.05, 3.63) is 69.7 Å². The van der Waals surface area contributed by atoms with Crippen LogP contribution in [-0.2, 0) is 12.8 Å². The largest absolute Gasteiger partial charge is 0.304 e. The standard InChI is InChI=1S/C19H22ClN/c1-13(16-11-10-15-6-5-7-17(15)12-16)21-14(2)18-8-3-4-9-19(18)20/h3-4,8-14,21H,5-7H2,1-2H3. The van der Waals surface area contributed by atoms with E-state index in [2.05, 4.69) is 43.4 Å². The van der Waals surface area contributed by atoms with Crippen LogP contribution in [0.2, 0.25) is 5.02 Å². The molecular formula is C19H22ClN. The third-order valence-electron chi connectivity index (χ3n) is 4.49. The van der Waals surface area contributed by atoms with Crippen LogP contribution in [0.5, 0.6) is 0 Å². The Balaban J connectivity index is 1.74. The molecule has 0 bridgehead atoms. The molecule has 0 radical (unpaired) electrons. The third-order valence-corrected chi connectivity index (χ3v) is 4.84. The third kappa shape index (κ3) is 3.14. The van der Waals surface area contributed by atoms with Gasteiger partial charge in [-0.25, -0.2) is 0 Å². The Morgan fingerprint density at radius 1 is 0.952 bits per heavy atom. The van der Waals surface area contributed by atoms with Crippen LogP contribution in [0.15, 0.2) is 42.5 Å². The number of hydrogen-bond acceptors (Lipinski definition) is 1. The van der Waals surface area contributed by atoms with Crippen LogP contribution < -0.4 is 5.32 Å². The predicted molar refractivity (Wildman–Crippen MR) is 89.9 cm³/mol. The normalized spacial score (nSPS) is 16.5. The summed E-state index contributed by atoms with van der Waals surface area (Å²) < 4.78 is 0. The molecule has 0 saturated heterocycles. The van der Waals surface area contributed by atoms with Crippen molar-refractivity contribution >= 4 is 11.6 Å². The van der Waals surface area contributed by atoms with Gasteiger partial charge in [-0.1, -0.05) is 48.0 Å². The summed E-state index contributed by atoms with van der Waals surface area (Å²) in [6, 6.07) is 15.6. The molecule has 0 heterocycles. The molecule has 110 valence electrons. The lowest BCUT2D eigenvalue weighted by Crippen LogP contribution is -2.22. The molecule has 1 nitrogen and oxygen atoms in total. The van der Waals surface area contributed by atoms with Gasteiger partial charge in [0.05, 0.1) is 0 Å². The lowest BCUT2D eigenvalue weighted by Gasteiger charge is -2.22. The molecule has 0 saturated carbocycles. The highest BCUT2D eigenvalue weighted by atomic mass is 35.5. The Morgan fingerprint density at radius 3 is 2.52 bits per heavy atom. The molecule has 0 aromatic heterocycles. The maximum Gasteiger partial charge on any atom is 0.0453 e. The maximum absolute atomic E-state index is 6.29. The SMILES string of the molecule is CC(NC(C)c1ccccc1Cl)c1ccc2c(c1)CCC2. The van der Waals surface area contributed by atoms with E-state index >= 15 is 0 Å². The zero-order valence-electron chi connectivity index (χ0n) is 12.7. The Hall–Kier alpha value is -1.31. The Bertz CT molecular complexity index is 635.